The van der Waals surface area contributed by atoms with E-state index in [-0.39, 0.29) is 35.7 Å². The van der Waals surface area contributed by atoms with Crippen molar-refractivity contribution in [1.82, 2.24) is 24.1 Å². The van der Waals surface area contributed by atoms with Crippen molar-refractivity contribution >= 4 is 33.2 Å². The zero-order valence-electron chi connectivity index (χ0n) is 18.4. The van der Waals surface area contributed by atoms with Crippen molar-refractivity contribution in [3.8, 4) is 0 Å². The Morgan fingerprint density at radius 3 is 2.59 bits per heavy atom. The molecule has 1 amide bonds. The van der Waals surface area contributed by atoms with E-state index in [2.05, 4.69) is 22.5 Å². The summed E-state index contributed by atoms with van der Waals surface area (Å²) in [6.45, 7) is 6.19. The molecule has 9 heteroatoms. The Morgan fingerprint density at radius 1 is 1.12 bits per heavy atom. The van der Waals surface area contributed by atoms with E-state index in [1.807, 2.05) is 39.0 Å². The van der Waals surface area contributed by atoms with Gasteiger partial charge in [0.05, 0.1) is 5.52 Å². The van der Waals surface area contributed by atoms with Gasteiger partial charge in [-0.05, 0) is 42.7 Å². The van der Waals surface area contributed by atoms with Crippen molar-refractivity contribution in [2.45, 2.75) is 52.7 Å². The number of aryl methyl sites for hydroxylation is 1. The van der Waals surface area contributed by atoms with Crippen LogP contribution in [0.2, 0.25) is 0 Å². The largest absolute Gasteiger partial charge is 0.352 e. The molecule has 3 heterocycles. The van der Waals surface area contributed by atoms with Crippen molar-refractivity contribution in [2.24, 2.45) is 5.92 Å². The Bertz CT molecular complexity index is 1360. The fourth-order valence-corrected chi connectivity index (χ4v) is 4.65. The maximum atomic E-state index is 13.1. The predicted molar refractivity (Wildman–Crippen MR) is 126 cm³/mol. The molecule has 4 aromatic rings. The Morgan fingerprint density at radius 2 is 1.88 bits per heavy atom. The first-order valence-electron chi connectivity index (χ1n) is 10.8. The highest BCUT2D eigenvalue weighted by molar-refractivity contribution is 7.17. The molecular formula is C23H27N5O3S. The van der Waals surface area contributed by atoms with Gasteiger partial charge in [-0.15, -0.1) is 16.4 Å². The smallest absolute Gasteiger partial charge is 0.352 e. The zero-order valence-corrected chi connectivity index (χ0v) is 19.3. The van der Waals surface area contributed by atoms with E-state index in [0.717, 1.165) is 17.5 Å². The van der Waals surface area contributed by atoms with Crippen LogP contribution in [0.4, 0.5) is 0 Å². The molecule has 0 saturated heterocycles. The number of rotatable bonds is 8. The van der Waals surface area contributed by atoms with Crippen LogP contribution in [0, 0.1) is 5.92 Å². The van der Waals surface area contributed by atoms with E-state index in [4.69, 9.17) is 0 Å². The van der Waals surface area contributed by atoms with Gasteiger partial charge in [-0.2, -0.15) is 0 Å². The summed E-state index contributed by atoms with van der Waals surface area (Å²) in [5.74, 6) is 0.183. The molecule has 1 N–H and O–H groups in total. The zero-order chi connectivity index (χ0) is 22.8. The minimum Gasteiger partial charge on any atom is -0.352 e. The normalized spacial score (nSPS) is 12.6. The molecule has 1 aromatic carbocycles. The fraction of sp³-hybridized carbons (Fsp3) is 0.391. The van der Waals surface area contributed by atoms with Gasteiger partial charge in [0.1, 0.15) is 11.2 Å². The van der Waals surface area contributed by atoms with Gasteiger partial charge in [0.2, 0.25) is 11.7 Å². The third-order valence-electron chi connectivity index (χ3n) is 5.35. The average molecular weight is 454 g/mol. The van der Waals surface area contributed by atoms with Crippen LogP contribution in [-0.4, -0.2) is 30.7 Å². The quantitative estimate of drug-likeness (QED) is 0.444. The van der Waals surface area contributed by atoms with Gasteiger partial charge in [0, 0.05) is 12.6 Å². The van der Waals surface area contributed by atoms with Crippen LogP contribution in [0.25, 0.3) is 16.0 Å². The third-order valence-corrected chi connectivity index (χ3v) is 6.24. The van der Waals surface area contributed by atoms with E-state index in [1.165, 1.54) is 25.9 Å². The van der Waals surface area contributed by atoms with E-state index in [1.54, 1.807) is 11.4 Å². The predicted octanol–water partition coefficient (Wildman–Crippen LogP) is 2.67. The SMILES string of the molecule is CC(C)Cn1c(=O)c2sccc2n2c(=O)n(CC(=O)N[C@@H](C)CCc3ccccc3)nc12. The second kappa shape index (κ2) is 9.12. The maximum absolute atomic E-state index is 13.1. The number of nitrogens with zero attached hydrogens (tertiary/aromatic N) is 4. The molecule has 0 aliphatic heterocycles. The number of fused-ring (bicyclic) bond motifs is 3. The second-order valence-electron chi connectivity index (χ2n) is 8.51. The summed E-state index contributed by atoms with van der Waals surface area (Å²) >= 11 is 1.30. The third kappa shape index (κ3) is 4.38. The van der Waals surface area contributed by atoms with Crippen molar-refractivity contribution in [1.29, 1.82) is 0 Å². The first kappa shape index (κ1) is 22.0. The number of benzene rings is 1. The summed E-state index contributed by atoms with van der Waals surface area (Å²) in [6.07, 6.45) is 1.65. The molecule has 0 fully saturated rings. The molecular weight excluding hydrogens is 426 g/mol. The molecule has 8 nitrogen and oxygen atoms in total. The lowest BCUT2D eigenvalue weighted by Gasteiger charge is -2.13. The first-order chi connectivity index (χ1) is 15.3. The summed E-state index contributed by atoms with van der Waals surface area (Å²) < 4.78 is 4.62. The minimum absolute atomic E-state index is 0.0434. The Kier molecular flexibility index (Phi) is 6.27. The maximum Gasteiger partial charge on any atom is 0.352 e. The lowest BCUT2D eigenvalue weighted by molar-refractivity contribution is -0.122. The topological polar surface area (TPSA) is 90.4 Å². The van der Waals surface area contributed by atoms with Crippen LogP contribution in [0.15, 0.2) is 51.4 Å². The first-order valence-corrected chi connectivity index (χ1v) is 11.7. The Balaban J connectivity index is 1.57. The number of carbonyl (C=O) groups is 1. The molecule has 1 atom stereocenters. The van der Waals surface area contributed by atoms with Gasteiger partial charge in [-0.25, -0.2) is 13.9 Å². The molecule has 0 saturated carbocycles. The van der Waals surface area contributed by atoms with Crippen LogP contribution in [0.3, 0.4) is 0 Å². The summed E-state index contributed by atoms with van der Waals surface area (Å²) in [7, 11) is 0. The van der Waals surface area contributed by atoms with Crippen LogP contribution in [-0.2, 0) is 24.3 Å². The molecule has 32 heavy (non-hydrogen) atoms. The molecule has 0 spiro atoms. The highest BCUT2D eigenvalue weighted by atomic mass is 32.1. The summed E-state index contributed by atoms with van der Waals surface area (Å²) in [4.78, 5) is 38.7. The Labute approximate surface area is 189 Å². The summed E-state index contributed by atoms with van der Waals surface area (Å²) in [5, 5.41) is 9.10. The van der Waals surface area contributed by atoms with Crippen LogP contribution in [0.5, 0.6) is 0 Å². The van der Waals surface area contributed by atoms with Crippen molar-refractivity contribution < 1.29 is 4.79 Å². The molecule has 0 aliphatic carbocycles. The molecule has 168 valence electrons. The lowest BCUT2D eigenvalue weighted by atomic mass is 10.1. The standard InChI is InChI=1S/C23H27N5O3S/c1-15(2)13-26-21(30)20-18(11-12-32-20)28-22(26)25-27(23(28)31)14-19(29)24-16(3)9-10-17-7-5-4-6-8-17/h4-8,11-12,15-16H,9-10,13-14H2,1-3H3,(H,24,29)/t16-/m0/s1. The minimum atomic E-state index is -0.423. The van der Waals surface area contributed by atoms with Gasteiger partial charge < -0.3 is 5.32 Å². The van der Waals surface area contributed by atoms with Gasteiger partial charge in [0.15, 0.2) is 0 Å². The molecule has 0 radical (unpaired) electrons. The molecule has 0 aliphatic rings. The highest BCUT2D eigenvalue weighted by Crippen LogP contribution is 2.17. The Hall–Kier alpha value is -3.20. The van der Waals surface area contributed by atoms with Gasteiger partial charge >= 0.3 is 5.69 Å². The van der Waals surface area contributed by atoms with E-state index in [9.17, 15) is 14.4 Å². The molecule has 3 aromatic heterocycles. The summed E-state index contributed by atoms with van der Waals surface area (Å²) in [6, 6.07) is 11.8. The van der Waals surface area contributed by atoms with Crippen molar-refractivity contribution in [2.75, 3.05) is 0 Å². The van der Waals surface area contributed by atoms with E-state index >= 15 is 0 Å². The number of hydrogen-bond donors (Lipinski definition) is 1. The van der Waals surface area contributed by atoms with E-state index < -0.39 is 5.69 Å². The van der Waals surface area contributed by atoms with Crippen LogP contribution in [0.1, 0.15) is 32.8 Å². The number of nitrogens with one attached hydrogen (secondary N) is 1. The highest BCUT2D eigenvalue weighted by Gasteiger charge is 2.20. The average Bonchev–Trinajstić information content (AvgIpc) is 3.35. The molecule has 0 unspecified atom stereocenters. The van der Waals surface area contributed by atoms with Crippen LogP contribution >= 0.6 is 11.3 Å². The molecule has 0 bridgehead atoms. The van der Waals surface area contributed by atoms with Crippen molar-refractivity contribution in [3.05, 3.63) is 68.2 Å². The lowest BCUT2D eigenvalue weighted by Crippen LogP contribution is -2.38. The number of amides is 1. The van der Waals surface area contributed by atoms with Crippen molar-refractivity contribution in [3.63, 3.8) is 0 Å². The van der Waals surface area contributed by atoms with E-state index in [0.29, 0.717) is 16.8 Å². The van der Waals surface area contributed by atoms with Gasteiger partial charge in [0.25, 0.3) is 5.56 Å². The molecule has 4 rings (SSSR count). The van der Waals surface area contributed by atoms with Crippen LogP contribution < -0.4 is 16.6 Å². The number of carbonyl (C=O) groups excluding carboxylic acids is 1. The van der Waals surface area contributed by atoms with Gasteiger partial charge in [-0.1, -0.05) is 44.2 Å². The number of aromatic nitrogens is 4. The monoisotopic (exact) mass is 453 g/mol. The summed E-state index contributed by atoms with van der Waals surface area (Å²) in [5.41, 5.74) is 1.16. The number of thiophene rings is 1. The second-order valence-corrected chi connectivity index (χ2v) is 9.43. The fourth-order valence-electron chi connectivity index (χ4n) is 3.82. The van der Waals surface area contributed by atoms with Gasteiger partial charge in [-0.3, -0.25) is 14.2 Å². The number of hydrogen-bond acceptors (Lipinski definition) is 5.